The first kappa shape index (κ1) is 17.0. The molecule has 1 atom stereocenters. The maximum absolute atomic E-state index is 8.85. The summed E-state index contributed by atoms with van der Waals surface area (Å²) in [7, 11) is 2.20. The van der Waals surface area contributed by atoms with Crippen molar-refractivity contribution in [3.63, 3.8) is 0 Å². The van der Waals surface area contributed by atoms with Gasteiger partial charge in [-0.3, -0.25) is 4.90 Å². The number of fused-ring (bicyclic) bond motifs is 1. The van der Waals surface area contributed by atoms with Crippen LogP contribution < -0.4 is 0 Å². The molecule has 0 radical (unpaired) electrons. The second-order valence-corrected chi connectivity index (χ2v) is 7.65. The molecule has 1 aliphatic rings. The highest BCUT2D eigenvalue weighted by molar-refractivity contribution is 7.15. The van der Waals surface area contributed by atoms with Crippen LogP contribution in [-0.4, -0.2) is 39.3 Å². The Kier molecular flexibility index (Phi) is 4.89. The second kappa shape index (κ2) is 7.46. The maximum Gasteiger partial charge on any atom is 0.150 e. The number of aromatic nitrogens is 2. The molecule has 1 N–H and O–H groups in total. The van der Waals surface area contributed by atoms with Crippen LogP contribution in [0.5, 0.6) is 0 Å². The fraction of sp³-hybridized carbons (Fsp3) is 0.286. The number of nitrogens with zero attached hydrogens (tertiary/aromatic N) is 3. The summed E-state index contributed by atoms with van der Waals surface area (Å²) >= 11 is 1.61. The first-order valence-corrected chi connectivity index (χ1v) is 9.54. The van der Waals surface area contributed by atoms with Gasteiger partial charge in [0.15, 0.2) is 0 Å². The minimum atomic E-state index is -0.114. The number of rotatable bonds is 3. The van der Waals surface area contributed by atoms with Crippen molar-refractivity contribution in [1.29, 1.82) is 0 Å². The summed E-state index contributed by atoms with van der Waals surface area (Å²) in [6.45, 7) is 1.79. The molecule has 2 aromatic heterocycles. The molecule has 3 heterocycles. The summed E-state index contributed by atoms with van der Waals surface area (Å²) in [5, 5.41) is 8.85. The molecule has 1 aromatic carbocycles. The third-order valence-electron chi connectivity index (χ3n) is 4.86. The molecule has 5 heteroatoms. The zero-order valence-corrected chi connectivity index (χ0v) is 15.5. The third kappa shape index (κ3) is 3.45. The predicted molar refractivity (Wildman–Crippen MR) is 105 cm³/mol. The Hall–Kier alpha value is -2.39. The molecule has 0 unspecified atom stereocenters. The highest BCUT2D eigenvalue weighted by Gasteiger charge is 2.24. The molecule has 0 fully saturated rings. The Morgan fingerprint density at radius 2 is 2.08 bits per heavy atom. The molecule has 0 saturated heterocycles. The molecular formula is C21H21N3OS. The summed E-state index contributed by atoms with van der Waals surface area (Å²) in [6, 6.07) is 13.2. The number of hydrogen-bond donors (Lipinski definition) is 1. The van der Waals surface area contributed by atoms with Gasteiger partial charge in [0.1, 0.15) is 12.4 Å². The van der Waals surface area contributed by atoms with E-state index in [9.17, 15) is 0 Å². The van der Waals surface area contributed by atoms with Crippen LogP contribution in [0.25, 0.3) is 10.7 Å². The van der Waals surface area contributed by atoms with E-state index in [1.54, 1.807) is 11.3 Å². The predicted octanol–water partition coefficient (Wildman–Crippen LogP) is 3.01. The second-order valence-electron chi connectivity index (χ2n) is 6.57. The summed E-state index contributed by atoms with van der Waals surface area (Å²) in [4.78, 5) is 9.06. The van der Waals surface area contributed by atoms with Crippen molar-refractivity contribution in [3.8, 4) is 22.5 Å². The first-order chi connectivity index (χ1) is 12.7. The van der Waals surface area contributed by atoms with Crippen molar-refractivity contribution < 1.29 is 5.11 Å². The molecular weight excluding hydrogens is 342 g/mol. The van der Waals surface area contributed by atoms with E-state index in [-0.39, 0.29) is 6.61 Å². The number of likely N-dealkylation sites (N-methyl/N-ethyl adjacent to an activating group) is 1. The van der Waals surface area contributed by atoms with Crippen LogP contribution in [-0.2, 0) is 19.5 Å². The molecule has 132 valence electrons. The van der Waals surface area contributed by atoms with Crippen molar-refractivity contribution in [2.75, 3.05) is 13.7 Å². The van der Waals surface area contributed by atoms with Gasteiger partial charge in [0.2, 0.25) is 0 Å². The van der Waals surface area contributed by atoms with Crippen LogP contribution >= 0.6 is 11.3 Å². The summed E-state index contributed by atoms with van der Waals surface area (Å²) in [5.41, 5.74) is 2.89. The van der Waals surface area contributed by atoms with Gasteiger partial charge < -0.3 is 9.67 Å². The van der Waals surface area contributed by atoms with E-state index in [2.05, 4.69) is 69.9 Å². The SMILES string of the molecule is CN1Cc2ccccc2C[C@@H]1Cn1ccnc1-c1ccc(C#CCO)s1. The van der Waals surface area contributed by atoms with E-state index in [4.69, 9.17) is 5.11 Å². The van der Waals surface area contributed by atoms with Crippen molar-refractivity contribution in [1.82, 2.24) is 14.5 Å². The Balaban J connectivity index is 1.55. The summed E-state index contributed by atoms with van der Waals surface area (Å²) in [6.07, 6.45) is 4.98. The van der Waals surface area contributed by atoms with E-state index >= 15 is 0 Å². The van der Waals surface area contributed by atoms with Crippen LogP contribution in [0.4, 0.5) is 0 Å². The molecule has 0 saturated carbocycles. The molecule has 4 rings (SSSR count). The number of hydrogen-bond acceptors (Lipinski definition) is 4. The number of aliphatic hydroxyl groups excluding tert-OH is 1. The fourth-order valence-electron chi connectivity index (χ4n) is 3.48. The highest BCUT2D eigenvalue weighted by atomic mass is 32.1. The Labute approximate surface area is 157 Å². The molecule has 1 aliphatic heterocycles. The fourth-order valence-corrected chi connectivity index (χ4v) is 4.38. The Morgan fingerprint density at radius 3 is 2.92 bits per heavy atom. The van der Waals surface area contributed by atoms with Crippen LogP contribution in [0.1, 0.15) is 16.0 Å². The molecule has 0 spiro atoms. The van der Waals surface area contributed by atoms with E-state index in [0.29, 0.717) is 6.04 Å². The molecule has 3 aromatic rings. The minimum absolute atomic E-state index is 0.114. The van der Waals surface area contributed by atoms with Gasteiger partial charge in [-0.15, -0.1) is 11.3 Å². The van der Waals surface area contributed by atoms with Gasteiger partial charge in [0, 0.05) is 31.5 Å². The van der Waals surface area contributed by atoms with Crippen LogP contribution in [0.15, 0.2) is 48.8 Å². The quantitative estimate of drug-likeness (QED) is 0.728. The highest BCUT2D eigenvalue weighted by Crippen LogP contribution is 2.28. The molecule has 0 bridgehead atoms. The number of thiophene rings is 1. The summed E-state index contributed by atoms with van der Waals surface area (Å²) < 4.78 is 2.24. The molecule has 0 aliphatic carbocycles. The van der Waals surface area contributed by atoms with Gasteiger partial charge >= 0.3 is 0 Å². The van der Waals surface area contributed by atoms with E-state index < -0.39 is 0 Å². The Morgan fingerprint density at radius 1 is 1.23 bits per heavy atom. The van der Waals surface area contributed by atoms with Crippen LogP contribution in [0.2, 0.25) is 0 Å². The lowest BCUT2D eigenvalue weighted by Gasteiger charge is -2.34. The monoisotopic (exact) mass is 363 g/mol. The largest absolute Gasteiger partial charge is 0.384 e. The van der Waals surface area contributed by atoms with Crippen molar-refractivity contribution in [3.05, 3.63) is 64.8 Å². The van der Waals surface area contributed by atoms with Gasteiger partial charge in [-0.05, 0) is 36.7 Å². The lowest BCUT2D eigenvalue weighted by Crippen LogP contribution is -2.40. The molecule has 0 amide bonds. The van der Waals surface area contributed by atoms with Gasteiger partial charge in [-0.25, -0.2) is 4.98 Å². The standard InChI is InChI=1S/C21H21N3OS/c1-23-14-17-6-3-2-5-16(17)13-18(23)15-24-11-10-22-21(24)20-9-8-19(26-20)7-4-12-25/h2-3,5-6,8-11,18,25H,12-15H2,1H3/t18-/m1/s1. The zero-order chi connectivity index (χ0) is 17.9. The number of benzene rings is 1. The zero-order valence-electron chi connectivity index (χ0n) is 14.7. The first-order valence-electron chi connectivity index (χ1n) is 8.72. The topological polar surface area (TPSA) is 41.3 Å². The van der Waals surface area contributed by atoms with Crippen molar-refractivity contribution in [2.45, 2.75) is 25.6 Å². The van der Waals surface area contributed by atoms with E-state index in [0.717, 1.165) is 35.1 Å². The molecule has 26 heavy (non-hydrogen) atoms. The van der Waals surface area contributed by atoms with Gasteiger partial charge in [0.05, 0.1) is 9.75 Å². The van der Waals surface area contributed by atoms with Crippen molar-refractivity contribution >= 4 is 11.3 Å². The molecule has 4 nitrogen and oxygen atoms in total. The van der Waals surface area contributed by atoms with E-state index in [1.165, 1.54) is 11.1 Å². The van der Waals surface area contributed by atoms with Gasteiger partial charge in [-0.2, -0.15) is 0 Å². The average molecular weight is 363 g/mol. The van der Waals surface area contributed by atoms with Crippen molar-refractivity contribution in [2.24, 2.45) is 0 Å². The minimum Gasteiger partial charge on any atom is -0.384 e. The lowest BCUT2D eigenvalue weighted by atomic mass is 9.94. The van der Waals surface area contributed by atoms with Crippen LogP contribution in [0.3, 0.4) is 0 Å². The van der Waals surface area contributed by atoms with Gasteiger partial charge in [-0.1, -0.05) is 36.1 Å². The summed E-state index contributed by atoms with van der Waals surface area (Å²) in [5.74, 6) is 6.66. The smallest absolute Gasteiger partial charge is 0.150 e. The maximum atomic E-state index is 8.85. The number of aliphatic hydroxyl groups is 1. The number of imidazole rings is 1. The third-order valence-corrected chi connectivity index (χ3v) is 5.85. The normalized spacial score (nSPS) is 16.8. The Bertz CT molecular complexity index is 963. The van der Waals surface area contributed by atoms with E-state index in [1.807, 2.05) is 12.3 Å². The van der Waals surface area contributed by atoms with Gasteiger partial charge in [0.25, 0.3) is 0 Å². The lowest BCUT2D eigenvalue weighted by molar-refractivity contribution is 0.195. The average Bonchev–Trinajstić information content (AvgIpc) is 3.29. The van der Waals surface area contributed by atoms with Crippen LogP contribution in [0, 0.1) is 11.8 Å².